The van der Waals surface area contributed by atoms with E-state index in [2.05, 4.69) is 33.2 Å². The third kappa shape index (κ3) is 4.12. The Kier molecular flexibility index (Phi) is 5.91. The van der Waals surface area contributed by atoms with Crippen LogP contribution in [0.3, 0.4) is 0 Å². The molecule has 0 bridgehead atoms. The van der Waals surface area contributed by atoms with E-state index >= 15 is 0 Å². The number of nitrogens with zero attached hydrogens (tertiary/aromatic N) is 2. The van der Waals surface area contributed by atoms with Crippen molar-refractivity contribution in [3.05, 3.63) is 94.2 Å². The smallest absolute Gasteiger partial charge is 0.252 e. The number of nitrogens with one attached hydrogen (secondary N) is 1. The Hall–Kier alpha value is -3.05. The highest BCUT2D eigenvalue weighted by molar-refractivity contribution is 9.10. The Labute approximate surface area is 184 Å². The van der Waals surface area contributed by atoms with Crippen LogP contribution in [0.4, 0.5) is 0 Å². The first-order valence-electron chi connectivity index (χ1n) is 9.89. The number of hydrogen-bond acceptors (Lipinski definition) is 3. The van der Waals surface area contributed by atoms with E-state index in [1.54, 1.807) is 6.20 Å². The van der Waals surface area contributed by atoms with Gasteiger partial charge in [0, 0.05) is 39.8 Å². The highest BCUT2D eigenvalue weighted by Crippen LogP contribution is 2.31. The Morgan fingerprint density at radius 2 is 1.83 bits per heavy atom. The number of hydrogen-bond donors (Lipinski definition) is 1. The van der Waals surface area contributed by atoms with Crippen LogP contribution in [0.1, 0.15) is 34.5 Å². The van der Waals surface area contributed by atoms with Gasteiger partial charge in [-0.05, 0) is 42.8 Å². The third-order valence-corrected chi connectivity index (χ3v) is 5.72. The summed E-state index contributed by atoms with van der Waals surface area (Å²) in [7, 11) is 0. The molecule has 0 fully saturated rings. The monoisotopic (exact) mass is 459 g/mol. The second-order valence-electron chi connectivity index (χ2n) is 7.35. The van der Waals surface area contributed by atoms with Crippen LogP contribution in [0.25, 0.3) is 22.2 Å². The summed E-state index contributed by atoms with van der Waals surface area (Å²) in [4.78, 5) is 22.6. The van der Waals surface area contributed by atoms with Crippen LogP contribution >= 0.6 is 15.9 Å². The van der Waals surface area contributed by atoms with E-state index in [1.165, 1.54) is 0 Å². The maximum Gasteiger partial charge on any atom is 0.252 e. The Morgan fingerprint density at radius 1 is 1.07 bits per heavy atom. The second-order valence-corrected chi connectivity index (χ2v) is 8.27. The van der Waals surface area contributed by atoms with E-state index in [0.29, 0.717) is 12.1 Å². The van der Waals surface area contributed by atoms with Crippen LogP contribution in [-0.2, 0) is 0 Å². The molecule has 30 heavy (non-hydrogen) atoms. The van der Waals surface area contributed by atoms with Crippen molar-refractivity contribution in [2.45, 2.75) is 19.8 Å². The molecule has 0 saturated carbocycles. The molecule has 0 aliphatic carbocycles. The molecule has 1 N–H and O–H groups in total. The van der Waals surface area contributed by atoms with E-state index in [1.807, 2.05) is 73.7 Å². The van der Waals surface area contributed by atoms with E-state index in [9.17, 15) is 4.79 Å². The summed E-state index contributed by atoms with van der Waals surface area (Å²) in [5.74, 6) is 0.0156. The quantitative estimate of drug-likeness (QED) is 0.404. The Morgan fingerprint density at radius 3 is 2.57 bits per heavy atom. The van der Waals surface area contributed by atoms with Gasteiger partial charge in [0.25, 0.3) is 5.91 Å². The van der Waals surface area contributed by atoms with Gasteiger partial charge in [-0.2, -0.15) is 0 Å². The van der Waals surface area contributed by atoms with E-state index < -0.39 is 0 Å². The summed E-state index contributed by atoms with van der Waals surface area (Å²) in [5, 5.41) is 3.94. The molecule has 0 aliphatic rings. The van der Waals surface area contributed by atoms with Gasteiger partial charge in [0.05, 0.1) is 16.8 Å². The number of amides is 1. The largest absolute Gasteiger partial charge is 0.351 e. The summed E-state index contributed by atoms with van der Waals surface area (Å²) in [5.41, 5.74) is 5.11. The molecular weight excluding hydrogens is 438 g/mol. The molecule has 0 aliphatic heterocycles. The first-order valence-corrected chi connectivity index (χ1v) is 10.7. The lowest BCUT2D eigenvalue weighted by atomic mass is 9.97. The normalized spacial score (nSPS) is 12.0. The van der Waals surface area contributed by atoms with Crippen molar-refractivity contribution in [1.29, 1.82) is 0 Å². The van der Waals surface area contributed by atoms with Crippen LogP contribution in [0.5, 0.6) is 0 Å². The van der Waals surface area contributed by atoms with Crippen molar-refractivity contribution in [1.82, 2.24) is 15.3 Å². The SMILES string of the molecule is Cc1c(-c2ccccc2)nc2ccc(Br)cc2c1C(=O)NCC(C)c1ccccn1. The highest BCUT2D eigenvalue weighted by Gasteiger charge is 2.20. The average molecular weight is 460 g/mol. The van der Waals surface area contributed by atoms with Gasteiger partial charge in [-0.15, -0.1) is 0 Å². The topological polar surface area (TPSA) is 54.9 Å². The number of aromatic nitrogens is 2. The lowest BCUT2D eigenvalue weighted by molar-refractivity contribution is 0.0952. The highest BCUT2D eigenvalue weighted by atomic mass is 79.9. The molecule has 4 nitrogen and oxygen atoms in total. The molecule has 0 saturated heterocycles. The number of pyridine rings is 2. The minimum atomic E-state index is -0.0991. The molecular formula is C25H22BrN3O. The molecule has 4 aromatic rings. The van der Waals surface area contributed by atoms with Gasteiger partial charge in [-0.1, -0.05) is 59.3 Å². The maximum atomic E-state index is 13.3. The predicted molar refractivity (Wildman–Crippen MR) is 125 cm³/mol. The molecule has 2 aromatic carbocycles. The fourth-order valence-corrected chi connectivity index (χ4v) is 3.97. The van der Waals surface area contributed by atoms with Crippen molar-refractivity contribution >= 4 is 32.7 Å². The van der Waals surface area contributed by atoms with Crippen LogP contribution in [0.15, 0.2) is 77.4 Å². The molecule has 0 spiro atoms. The first-order chi connectivity index (χ1) is 14.5. The van der Waals surface area contributed by atoms with Crippen molar-refractivity contribution in [2.24, 2.45) is 0 Å². The van der Waals surface area contributed by atoms with Crippen LogP contribution in [0.2, 0.25) is 0 Å². The predicted octanol–water partition coefficient (Wildman–Crippen LogP) is 5.90. The average Bonchev–Trinajstić information content (AvgIpc) is 2.78. The number of rotatable bonds is 5. The molecule has 150 valence electrons. The fraction of sp³-hybridized carbons (Fsp3) is 0.160. The number of fused-ring (bicyclic) bond motifs is 1. The van der Waals surface area contributed by atoms with Crippen LogP contribution in [-0.4, -0.2) is 22.4 Å². The van der Waals surface area contributed by atoms with Crippen LogP contribution in [0, 0.1) is 6.92 Å². The number of carbonyl (C=O) groups is 1. The Bertz CT molecular complexity index is 1190. The van der Waals surface area contributed by atoms with Gasteiger partial charge in [-0.25, -0.2) is 4.98 Å². The zero-order valence-electron chi connectivity index (χ0n) is 16.9. The van der Waals surface area contributed by atoms with Crippen molar-refractivity contribution in [3.8, 4) is 11.3 Å². The lowest BCUT2D eigenvalue weighted by Gasteiger charge is -2.17. The summed E-state index contributed by atoms with van der Waals surface area (Å²) < 4.78 is 0.916. The van der Waals surface area contributed by atoms with Crippen molar-refractivity contribution in [2.75, 3.05) is 6.54 Å². The number of halogens is 1. The standard InChI is InChI=1S/C25H22BrN3O/c1-16(21-10-6-7-13-27-21)15-28-25(30)23-17(2)24(18-8-4-3-5-9-18)29-22-12-11-19(26)14-20(22)23/h3-14,16H,15H2,1-2H3,(H,28,30). The second kappa shape index (κ2) is 8.76. The van der Waals surface area contributed by atoms with E-state index in [-0.39, 0.29) is 11.8 Å². The molecule has 1 unspecified atom stereocenters. The molecule has 4 rings (SSSR count). The van der Waals surface area contributed by atoms with Gasteiger partial charge in [0.1, 0.15) is 0 Å². The van der Waals surface area contributed by atoms with Gasteiger partial charge in [0.2, 0.25) is 0 Å². The van der Waals surface area contributed by atoms with Gasteiger partial charge in [0.15, 0.2) is 0 Å². The first kappa shape index (κ1) is 20.2. The summed E-state index contributed by atoms with van der Waals surface area (Å²) in [6.07, 6.45) is 1.78. The molecule has 2 heterocycles. The maximum absolute atomic E-state index is 13.3. The zero-order chi connectivity index (χ0) is 21.1. The molecule has 1 atom stereocenters. The third-order valence-electron chi connectivity index (χ3n) is 5.23. The lowest BCUT2D eigenvalue weighted by Crippen LogP contribution is -2.29. The Balaban J connectivity index is 1.73. The molecule has 0 radical (unpaired) electrons. The number of benzene rings is 2. The van der Waals surface area contributed by atoms with Crippen LogP contribution < -0.4 is 5.32 Å². The van der Waals surface area contributed by atoms with E-state index in [0.717, 1.165) is 37.9 Å². The minimum Gasteiger partial charge on any atom is -0.351 e. The van der Waals surface area contributed by atoms with Gasteiger partial charge >= 0.3 is 0 Å². The summed E-state index contributed by atoms with van der Waals surface area (Å²) in [6, 6.07) is 21.7. The number of carbonyl (C=O) groups excluding carboxylic acids is 1. The van der Waals surface area contributed by atoms with E-state index in [4.69, 9.17) is 4.98 Å². The summed E-state index contributed by atoms with van der Waals surface area (Å²) in [6.45, 7) is 4.53. The summed E-state index contributed by atoms with van der Waals surface area (Å²) >= 11 is 3.53. The molecule has 5 heteroatoms. The molecule has 2 aromatic heterocycles. The molecule has 1 amide bonds. The minimum absolute atomic E-state index is 0.0991. The zero-order valence-corrected chi connectivity index (χ0v) is 18.5. The van der Waals surface area contributed by atoms with Crippen molar-refractivity contribution < 1.29 is 4.79 Å². The van der Waals surface area contributed by atoms with Gasteiger partial charge < -0.3 is 5.32 Å². The fourth-order valence-electron chi connectivity index (χ4n) is 3.61. The van der Waals surface area contributed by atoms with Crippen molar-refractivity contribution in [3.63, 3.8) is 0 Å². The van der Waals surface area contributed by atoms with Gasteiger partial charge in [-0.3, -0.25) is 9.78 Å².